The second-order valence-corrected chi connectivity index (χ2v) is 5.63. The Labute approximate surface area is 127 Å². The summed E-state index contributed by atoms with van der Waals surface area (Å²) in [7, 11) is 0. The summed E-state index contributed by atoms with van der Waals surface area (Å²) in [5.74, 6) is -1.09. The number of piperazine rings is 1. The Morgan fingerprint density at radius 3 is 2.95 bits per heavy atom. The third-order valence-corrected chi connectivity index (χ3v) is 4.16. The van der Waals surface area contributed by atoms with Crippen LogP contribution in [0.3, 0.4) is 0 Å². The van der Waals surface area contributed by atoms with Gasteiger partial charge < -0.3 is 15.7 Å². The maximum Gasteiger partial charge on any atom is 0.322 e. The van der Waals surface area contributed by atoms with Gasteiger partial charge in [-0.3, -0.25) is 14.5 Å². The predicted molar refractivity (Wildman–Crippen MR) is 82.7 cm³/mol. The van der Waals surface area contributed by atoms with Gasteiger partial charge >= 0.3 is 5.97 Å². The number of hydrogen-bond donors (Lipinski definition) is 3. The number of para-hydroxylation sites is 1. The van der Waals surface area contributed by atoms with Crippen LogP contribution in [0.5, 0.6) is 0 Å². The molecule has 0 bridgehead atoms. The molecule has 1 aromatic carbocycles. The Morgan fingerprint density at radius 1 is 1.48 bits per heavy atom. The van der Waals surface area contributed by atoms with E-state index in [-0.39, 0.29) is 12.5 Å². The van der Waals surface area contributed by atoms with Gasteiger partial charge in [0.15, 0.2) is 0 Å². The Kier molecular flexibility index (Phi) is 5.60. The van der Waals surface area contributed by atoms with Crippen LogP contribution in [-0.2, 0) is 9.59 Å². The summed E-state index contributed by atoms with van der Waals surface area (Å²) >= 11 is 1.56. The molecule has 1 fully saturated rings. The lowest BCUT2D eigenvalue weighted by Crippen LogP contribution is -2.56. The quantitative estimate of drug-likeness (QED) is 0.695. The first-order valence-electron chi connectivity index (χ1n) is 6.72. The van der Waals surface area contributed by atoms with E-state index in [0.717, 1.165) is 10.6 Å². The summed E-state index contributed by atoms with van der Waals surface area (Å²) in [6, 6.07) is 6.90. The molecule has 1 amide bonds. The number of amides is 1. The summed E-state index contributed by atoms with van der Waals surface area (Å²) in [6.07, 6.45) is 1.95. The zero-order valence-electron chi connectivity index (χ0n) is 11.8. The van der Waals surface area contributed by atoms with Crippen LogP contribution in [0.4, 0.5) is 5.69 Å². The van der Waals surface area contributed by atoms with Crippen molar-refractivity contribution in [1.82, 2.24) is 10.2 Å². The van der Waals surface area contributed by atoms with Crippen molar-refractivity contribution < 1.29 is 14.7 Å². The number of thioether (sulfide) groups is 1. The highest BCUT2D eigenvalue weighted by Crippen LogP contribution is 2.24. The summed E-state index contributed by atoms with van der Waals surface area (Å²) < 4.78 is 0. The van der Waals surface area contributed by atoms with Crippen molar-refractivity contribution in [3.63, 3.8) is 0 Å². The Balaban J connectivity index is 1.99. The van der Waals surface area contributed by atoms with E-state index in [2.05, 4.69) is 10.6 Å². The van der Waals surface area contributed by atoms with Gasteiger partial charge in [-0.1, -0.05) is 12.1 Å². The maximum absolute atomic E-state index is 12.1. The lowest BCUT2D eigenvalue weighted by atomic mass is 10.2. The highest BCUT2D eigenvalue weighted by atomic mass is 32.2. The fraction of sp³-hybridized carbons (Fsp3) is 0.429. The largest absolute Gasteiger partial charge is 0.480 e. The Morgan fingerprint density at radius 2 is 2.24 bits per heavy atom. The second kappa shape index (κ2) is 7.44. The number of carbonyl (C=O) groups is 2. The van der Waals surface area contributed by atoms with Crippen LogP contribution >= 0.6 is 11.8 Å². The first kappa shape index (κ1) is 15.8. The van der Waals surface area contributed by atoms with Crippen molar-refractivity contribution >= 4 is 29.3 Å². The minimum absolute atomic E-state index is 0.0847. The highest BCUT2D eigenvalue weighted by molar-refractivity contribution is 7.98. The topological polar surface area (TPSA) is 81.7 Å². The van der Waals surface area contributed by atoms with E-state index in [1.165, 1.54) is 0 Å². The number of nitrogens with zero attached hydrogens (tertiary/aromatic N) is 1. The van der Waals surface area contributed by atoms with Crippen molar-refractivity contribution in [2.75, 3.05) is 37.8 Å². The van der Waals surface area contributed by atoms with E-state index in [0.29, 0.717) is 19.6 Å². The number of anilines is 1. The van der Waals surface area contributed by atoms with Gasteiger partial charge in [-0.2, -0.15) is 0 Å². The third-order valence-electron chi connectivity index (χ3n) is 3.37. The number of carboxylic acids is 1. The van der Waals surface area contributed by atoms with Gasteiger partial charge in [-0.05, 0) is 18.4 Å². The van der Waals surface area contributed by atoms with Gasteiger partial charge in [0.05, 0.1) is 12.2 Å². The fourth-order valence-electron chi connectivity index (χ4n) is 2.30. The molecular formula is C14H19N3O3S. The first-order valence-corrected chi connectivity index (χ1v) is 7.94. The lowest BCUT2D eigenvalue weighted by Gasteiger charge is -2.32. The predicted octanol–water partition coefficient (Wildman–Crippen LogP) is 0.705. The van der Waals surface area contributed by atoms with Gasteiger partial charge in [-0.15, -0.1) is 11.8 Å². The molecular weight excluding hydrogens is 290 g/mol. The molecule has 1 heterocycles. The molecule has 1 atom stereocenters. The molecule has 21 heavy (non-hydrogen) atoms. The number of carboxylic acid groups (broad SMARTS) is 1. The average molecular weight is 309 g/mol. The molecule has 1 saturated heterocycles. The molecule has 114 valence electrons. The highest BCUT2D eigenvalue weighted by Gasteiger charge is 2.29. The van der Waals surface area contributed by atoms with E-state index < -0.39 is 12.0 Å². The van der Waals surface area contributed by atoms with E-state index in [4.69, 9.17) is 0 Å². The van der Waals surface area contributed by atoms with Crippen LogP contribution in [-0.4, -0.2) is 60.4 Å². The summed E-state index contributed by atoms with van der Waals surface area (Å²) in [5.41, 5.74) is 0.761. The number of rotatable bonds is 5. The van der Waals surface area contributed by atoms with E-state index in [1.807, 2.05) is 30.5 Å². The monoisotopic (exact) mass is 309 g/mol. The second-order valence-electron chi connectivity index (χ2n) is 4.78. The SMILES string of the molecule is CSc1ccccc1NC(=O)CN1CCNCC1C(=O)O. The van der Waals surface area contributed by atoms with Gasteiger partial charge in [0, 0.05) is 24.5 Å². The van der Waals surface area contributed by atoms with Gasteiger partial charge in [0.2, 0.25) is 5.91 Å². The summed E-state index contributed by atoms with van der Waals surface area (Å²) in [5, 5.41) is 15.1. The van der Waals surface area contributed by atoms with Gasteiger partial charge in [0.1, 0.15) is 6.04 Å². The minimum atomic E-state index is -0.903. The molecule has 0 saturated carbocycles. The minimum Gasteiger partial charge on any atom is -0.480 e. The molecule has 1 aromatic rings. The van der Waals surface area contributed by atoms with Crippen LogP contribution < -0.4 is 10.6 Å². The Bertz CT molecular complexity index is 524. The van der Waals surface area contributed by atoms with Gasteiger partial charge in [0.25, 0.3) is 0 Å². The van der Waals surface area contributed by atoms with Crippen molar-refractivity contribution in [2.24, 2.45) is 0 Å². The van der Waals surface area contributed by atoms with Crippen molar-refractivity contribution in [3.8, 4) is 0 Å². The number of hydrogen-bond acceptors (Lipinski definition) is 5. The molecule has 0 radical (unpaired) electrons. The number of carbonyl (C=O) groups excluding carboxylic acids is 1. The lowest BCUT2D eigenvalue weighted by molar-refractivity contribution is -0.144. The van der Waals surface area contributed by atoms with E-state index in [1.54, 1.807) is 16.7 Å². The van der Waals surface area contributed by atoms with Crippen molar-refractivity contribution in [2.45, 2.75) is 10.9 Å². The molecule has 2 rings (SSSR count). The van der Waals surface area contributed by atoms with Gasteiger partial charge in [-0.25, -0.2) is 0 Å². The molecule has 7 heteroatoms. The number of nitrogens with one attached hydrogen (secondary N) is 2. The van der Waals surface area contributed by atoms with Crippen LogP contribution in [0.1, 0.15) is 0 Å². The molecule has 3 N–H and O–H groups in total. The standard InChI is InChI=1S/C14H19N3O3S/c1-21-12-5-3-2-4-10(12)16-13(18)9-17-7-6-15-8-11(17)14(19)20/h2-5,11,15H,6-9H2,1H3,(H,16,18)(H,19,20). The van der Waals surface area contributed by atoms with Crippen molar-refractivity contribution in [3.05, 3.63) is 24.3 Å². The average Bonchev–Trinajstić information content (AvgIpc) is 2.48. The van der Waals surface area contributed by atoms with E-state index in [9.17, 15) is 14.7 Å². The molecule has 1 unspecified atom stereocenters. The zero-order chi connectivity index (χ0) is 15.2. The normalized spacial score (nSPS) is 19.2. The first-order chi connectivity index (χ1) is 10.1. The molecule has 1 aliphatic heterocycles. The van der Waals surface area contributed by atoms with Crippen LogP contribution in [0.15, 0.2) is 29.2 Å². The molecule has 0 aromatic heterocycles. The zero-order valence-corrected chi connectivity index (χ0v) is 12.7. The van der Waals surface area contributed by atoms with Crippen LogP contribution in [0.25, 0.3) is 0 Å². The summed E-state index contributed by atoms with van der Waals surface area (Å²) in [6.45, 7) is 1.69. The van der Waals surface area contributed by atoms with Crippen molar-refractivity contribution in [1.29, 1.82) is 0 Å². The molecule has 0 spiro atoms. The number of benzene rings is 1. The Hall–Kier alpha value is -1.57. The number of aliphatic carboxylic acids is 1. The smallest absolute Gasteiger partial charge is 0.322 e. The third kappa shape index (κ3) is 4.20. The molecule has 0 aliphatic carbocycles. The molecule has 1 aliphatic rings. The summed E-state index contributed by atoms with van der Waals surface area (Å²) in [4.78, 5) is 26.0. The molecule has 6 nitrogen and oxygen atoms in total. The maximum atomic E-state index is 12.1. The van der Waals surface area contributed by atoms with Crippen LogP contribution in [0.2, 0.25) is 0 Å². The van der Waals surface area contributed by atoms with E-state index >= 15 is 0 Å². The fourth-order valence-corrected chi connectivity index (χ4v) is 2.85. The van der Waals surface area contributed by atoms with Crippen LogP contribution in [0, 0.1) is 0 Å².